The van der Waals surface area contributed by atoms with E-state index in [1.807, 2.05) is 6.07 Å². The molecule has 0 saturated carbocycles. The number of amides is 1. The SMILES string of the molecule is O=C(Nc1cccnc1Br)[C@H]1CCCCN1. The molecule has 1 aliphatic heterocycles. The Morgan fingerprint density at radius 2 is 2.44 bits per heavy atom. The van der Waals surface area contributed by atoms with Crippen molar-refractivity contribution in [3.63, 3.8) is 0 Å². The highest BCUT2D eigenvalue weighted by Gasteiger charge is 2.20. The maximum atomic E-state index is 11.9. The number of hydrogen-bond acceptors (Lipinski definition) is 3. The number of nitrogens with zero attached hydrogens (tertiary/aromatic N) is 1. The lowest BCUT2D eigenvalue weighted by Crippen LogP contribution is -2.43. The number of carbonyl (C=O) groups excluding carboxylic acids is 1. The van der Waals surface area contributed by atoms with Crippen LogP contribution in [0.3, 0.4) is 0 Å². The van der Waals surface area contributed by atoms with Gasteiger partial charge >= 0.3 is 0 Å². The highest BCUT2D eigenvalue weighted by molar-refractivity contribution is 9.10. The van der Waals surface area contributed by atoms with Gasteiger partial charge in [-0.1, -0.05) is 6.42 Å². The summed E-state index contributed by atoms with van der Waals surface area (Å²) in [6.45, 7) is 0.923. The molecule has 16 heavy (non-hydrogen) atoms. The fraction of sp³-hybridized carbons (Fsp3) is 0.455. The number of rotatable bonds is 2. The van der Waals surface area contributed by atoms with E-state index in [4.69, 9.17) is 0 Å². The van der Waals surface area contributed by atoms with E-state index < -0.39 is 0 Å². The monoisotopic (exact) mass is 283 g/mol. The molecule has 0 aromatic carbocycles. The molecule has 0 radical (unpaired) electrons. The van der Waals surface area contributed by atoms with Crippen molar-refractivity contribution in [2.24, 2.45) is 0 Å². The third kappa shape index (κ3) is 2.80. The van der Waals surface area contributed by atoms with Crippen LogP contribution < -0.4 is 10.6 Å². The summed E-state index contributed by atoms with van der Waals surface area (Å²) in [7, 11) is 0. The number of pyridine rings is 1. The Labute approximate surface area is 103 Å². The molecule has 0 bridgehead atoms. The quantitative estimate of drug-likeness (QED) is 0.816. The Bertz CT molecular complexity index is 377. The number of anilines is 1. The highest BCUT2D eigenvalue weighted by atomic mass is 79.9. The van der Waals surface area contributed by atoms with Gasteiger partial charge in [-0.25, -0.2) is 4.98 Å². The van der Waals surface area contributed by atoms with Crippen LogP contribution in [0.4, 0.5) is 5.69 Å². The second-order valence-electron chi connectivity index (χ2n) is 3.83. The molecular weight excluding hydrogens is 270 g/mol. The molecule has 86 valence electrons. The van der Waals surface area contributed by atoms with Crippen molar-refractivity contribution in [1.82, 2.24) is 10.3 Å². The third-order valence-corrected chi connectivity index (χ3v) is 3.28. The summed E-state index contributed by atoms with van der Waals surface area (Å²) in [5.74, 6) is 0.0217. The predicted octanol–water partition coefficient (Wildman–Crippen LogP) is 1.92. The minimum atomic E-state index is -0.0687. The molecule has 1 aromatic heterocycles. The normalized spacial score (nSPS) is 20.4. The van der Waals surface area contributed by atoms with Gasteiger partial charge in [-0.15, -0.1) is 0 Å². The number of aromatic nitrogens is 1. The first-order chi connectivity index (χ1) is 7.77. The van der Waals surface area contributed by atoms with Gasteiger partial charge in [-0.05, 0) is 47.4 Å². The number of piperidine rings is 1. The molecule has 0 aliphatic carbocycles. The van der Waals surface area contributed by atoms with Gasteiger partial charge in [0.2, 0.25) is 5.91 Å². The van der Waals surface area contributed by atoms with Crippen molar-refractivity contribution in [2.75, 3.05) is 11.9 Å². The van der Waals surface area contributed by atoms with Gasteiger partial charge in [-0.2, -0.15) is 0 Å². The van der Waals surface area contributed by atoms with Gasteiger partial charge in [-0.3, -0.25) is 4.79 Å². The first-order valence-electron chi connectivity index (χ1n) is 5.42. The first kappa shape index (κ1) is 11.5. The van der Waals surface area contributed by atoms with Gasteiger partial charge in [0.1, 0.15) is 4.60 Å². The van der Waals surface area contributed by atoms with Crippen molar-refractivity contribution in [1.29, 1.82) is 0 Å². The van der Waals surface area contributed by atoms with E-state index in [-0.39, 0.29) is 11.9 Å². The highest BCUT2D eigenvalue weighted by Crippen LogP contribution is 2.19. The van der Waals surface area contributed by atoms with Crippen LogP contribution in [-0.4, -0.2) is 23.5 Å². The van der Waals surface area contributed by atoms with Gasteiger partial charge in [0.05, 0.1) is 11.7 Å². The van der Waals surface area contributed by atoms with Crippen molar-refractivity contribution in [3.8, 4) is 0 Å². The lowest BCUT2D eigenvalue weighted by atomic mass is 10.0. The Balaban J connectivity index is 1.99. The van der Waals surface area contributed by atoms with E-state index in [0.717, 1.165) is 31.5 Å². The van der Waals surface area contributed by atoms with E-state index in [1.54, 1.807) is 12.3 Å². The maximum absolute atomic E-state index is 11.9. The number of carbonyl (C=O) groups is 1. The molecule has 4 nitrogen and oxygen atoms in total. The minimum absolute atomic E-state index is 0.0217. The number of hydrogen-bond donors (Lipinski definition) is 2. The van der Waals surface area contributed by atoms with Crippen molar-refractivity contribution in [2.45, 2.75) is 25.3 Å². The average molecular weight is 284 g/mol. The average Bonchev–Trinajstić information content (AvgIpc) is 2.33. The van der Waals surface area contributed by atoms with Gasteiger partial charge in [0.25, 0.3) is 0 Å². The topological polar surface area (TPSA) is 54.0 Å². The summed E-state index contributed by atoms with van der Waals surface area (Å²) in [6.07, 6.45) is 4.85. The zero-order valence-electron chi connectivity index (χ0n) is 8.87. The van der Waals surface area contributed by atoms with Crippen molar-refractivity contribution in [3.05, 3.63) is 22.9 Å². The standard InChI is InChI=1S/C11H14BrN3O/c12-10-8(5-3-7-14-10)15-11(16)9-4-1-2-6-13-9/h3,5,7,9,13H,1-2,4,6H2,(H,15,16)/t9-/m1/s1. The van der Waals surface area contributed by atoms with Gasteiger partial charge in [0.15, 0.2) is 0 Å². The van der Waals surface area contributed by atoms with Crippen LogP contribution in [0.2, 0.25) is 0 Å². The van der Waals surface area contributed by atoms with Crippen LogP contribution in [0.1, 0.15) is 19.3 Å². The molecular formula is C11H14BrN3O. The van der Waals surface area contributed by atoms with Crippen LogP contribution in [0.15, 0.2) is 22.9 Å². The van der Waals surface area contributed by atoms with Crippen LogP contribution in [0.25, 0.3) is 0 Å². The number of nitrogens with one attached hydrogen (secondary N) is 2. The first-order valence-corrected chi connectivity index (χ1v) is 6.21. The Kier molecular flexibility index (Phi) is 3.90. The molecule has 1 fully saturated rings. The van der Waals surface area contributed by atoms with Gasteiger partial charge in [0, 0.05) is 6.20 Å². The largest absolute Gasteiger partial charge is 0.322 e. The lowest BCUT2D eigenvalue weighted by molar-refractivity contribution is -0.118. The fourth-order valence-corrected chi connectivity index (χ4v) is 2.12. The molecule has 2 heterocycles. The molecule has 1 amide bonds. The van der Waals surface area contributed by atoms with Gasteiger partial charge < -0.3 is 10.6 Å². The fourth-order valence-electron chi connectivity index (χ4n) is 1.77. The molecule has 5 heteroatoms. The van der Waals surface area contributed by atoms with Crippen LogP contribution in [0.5, 0.6) is 0 Å². The van der Waals surface area contributed by atoms with Crippen molar-refractivity contribution < 1.29 is 4.79 Å². The number of halogens is 1. The van der Waals surface area contributed by atoms with Crippen LogP contribution >= 0.6 is 15.9 Å². The summed E-state index contributed by atoms with van der Waals surface area (Å²) in [5, 5.41) is 6.08. The summed E-state index contributed by atoms with van der Waals surface area (Å²) in [4.78, 5) is 16.0. The maximum Gasteiger partial charge on any atom is 0.241 e. The second-order valence-corrected chi connectivity index (χ2v) is 4.58. The van der Waals surface area contributed by atoms with E-state index in [2.05, 4.69) is 31.5 Å². The molecule has 2 N–H and O–H groups in total. The summed E-state index contributed by atoms with van der Waals surface area (Å²) >= 11 is 3.30. The molecule has 1 atom stereocenters. The summed E-state index contributed by atoms with van der Waals surface area (Å²) in [6, 6.07) is 3.56. The Morgan fingerprint density at radius 1 is 1.56 bits per heavy atom. The van der Waals surface area contributed by atoms with E-state index in [1.165, 1.54) is 0 Å². The molecule has 0 unspecified atom stereocenters. The van der Waals surface area contributed by atoms with Crippen LogP contribution in [-0.2, 0) is 4.79 Å². The molecule has 2 rings (SSSR count). The molecule has 1 saturated heterocycles. The Hall–Kier alpha value is -0.940. The third-order valence-electron chi connectivity index (χ3n) is 2.64. The van der Waals surface area contributed by atoms with E-state index in [9.17, 15) is 4.79 Å². The van der Waals surface area contributed by atoms with Crippen LogP contribution in [0, 0.1) is 0 Å². The molecule has 0 spiro atoms. The molecule has 1 aliphatic rings. The summed E-state index contributed by atoms with van der Waals surface area (Å²) in [5.41, 5.74) is 0.722. The second kappa shape index (κ2) is 5.41. The Morgan fingerprint density at radius 3 is 3.12 bits per heavy atom. The lowest BCUT2D eigenvalue weighted by Gasteiger charge is -2.22. The van der Waals surface area contributed by atoms with Crippen molar-refractivity contribution >= 4 is 27.5 Å². The summed E-state index contributed by atoms with van der Waals surface area (Å²) < 4.78 is 0.666. The zero-order chi connectivity index (χ0) is 11.4. The van der Waals surface area contributed by atoms with E-state index in [0.29, 0.717) is 4.60 Å². The predicted molar refractivity (Wildman–Crippen MR) is 66.2 cm³/mol. The zero-order valence-corrected chi connectivity index (χ0v) is 10.5. The minimum Gasteiger partial charge on any atom is -0.322 e. The van der Waals surface area contributed by atoms with E-state index >= 15 is 0 Å². The smallest absolute Gasteiger partial charge is 0.241 e. The molecule has 1 aromatic rings.